The van der Waals surface area contributed by atoms with Crippen molar-refractivity contribution in [2.75, 3.05) is 14.1 Å². The molecule has 0 radical (unpaired) electrons. The number of nitrogens with two attached hydrogens (primary N) is 1. The highest BCUT2D eigenvalue weighted by molar-refractivity contribution is 5.92. The van der Waals surface area contributed by atoms with Crippen molar-refractivity contribution in [3.05, 3.63) is 23.8 Å². The van der Waals surface area contributed by atoms with Crippen molar-refractivity contribution in [3.8, 4) is 0 Å². The maximum atomic E-state index is 14.2. The molecule has 0 spiro atoms. The fourth-order valence-electron chi connectivity index (χ4n) is 6.03. The topological polar surface area (TPSA) is 101 Å². The van der Waals surface area contributed by atoms with Gasteiger partial charge in [-0.25, -0.2) is 0 Å². The van der Waals surface area contributed by atoms with E-state index in [4.69, 9.17) is 5.73 Å². The smallest absolute Gasteiger partial charge is 0.246 e. The fourth-order valence-corrected chi connectivity index (χ4v) is 6.03. The van der Waals surface area contributed by atoms with Crippen molar-refractivity contribution in [2.45, 2.75) is 120 Å². The lowest BCUT2D eigenvalue weighted by Gasteiger charge is -2.38. The molecule has 5 atom stereocenters. The van der Waals surface area contributed by atoms with E-state index in [2.05, 4.69) is 27.7 Å². The third-order valence-electron chi connectivity index (χ3n) is 8.29. The van der Waals surface area contributed by atoms with Gasteiger partial charge in [0.1, 0.15) is 18.4 Å². The summed E-state index contributed by atoms with van der Waals surface area (Å²) in [7, 11) is 3.29. The molecule has 0 aliphatic heterocycles. The minimum atomic E-state index is -0.764. The Morgan fingerprint density at radius 1 is 0.878 bits per heavy atom. The Kier molecular flexibility index (Phi) is 17.1. The first-order chi connectivity index (χ1) is 19.0. The first kappa shape index (κ1) is 38.6. The van der Waals surface area contributed by atoms with Gasteiger partial charge in [0.25, 0.3) is 0 Å². The molecule has 2 N–H and O–H groups in total. The average Bonchev–Trinajstić information content (AvgIpc) is 2.89. The second-order valence-corrected chi connectivity index (χ2v) is 13.2. The molecule has 236 valence electrons. The number of rotatable bonds is 19. The van der Waals surface area contributed by atoms with Gasteiger partial charge in [-0.15, -0.1) is 0 Å². The summed E-state index contributed by atoms with van der Waals surface area (Å²) in [6.07, 6.45) is 11.0. The molecule has 0 aromatic rings. The van der Waals surface area contributed by atoms with Crippen LogP contribution in [0.3, 0.4) is 0 Å². The van der Waals surface area contributed by atoms with Crippen molar-refractivity contribution >= 4 is 24.0 Å². The quantitative estimate of drug-likeness (QED) is 0.142. The summed E-state index contributed by atoms with van der Waals surface area (Å²) in [6.45, 7) is 20.3. The zero-order valence-corrected chi connectivity index (χ0v) is 28.2. The predicted molar refractivity (Wildman–Crippen MR) is 170 cm³/mol. The van der Waals surface area contributed by atoms with Crippen LogP contribution in [0.2, 0.25) is 0 Å². The van der Waals surface area contributed by atoms with Gasteiger partial charge < -0.3 is 20.3 Å². The van der Waals surface area contributed by atoms with E-state index in [9.17, 15) is 19.2 Å². The zero-order chi connectivity index (χ0) is 32.1. The Morgan fingerprint density at radius 3 is 1.85 bits per heavy atom. The van der Waals surface area contributed by atoms with Gasteiger partial charge >= 0.3 is 0 Å². The normalized spacial score (nSPS) is 16.9. The number of carbonyl (C=O) groups is 4. The number of allylic oxidation sites excluding steroid dienone is 3. The maximum Gasteiger partial charge on any atom is 0.246 e. The molecule has 7 nitrogen and oxygen atoms in total. The zero-order valence-electron chi connectivity index (χ0n) is 28.2. The monoisotopic (exact) mass is 575 g/mol. The number of hydrogen-bond donors (Lipinski definition) is 1. The molecule has 0 aromatic heterocycles. The van der Waals surface area contributed by atoms with Crippen molar-refractivity contribution < 1.29 is 19.2 Å². The van der Waals surface area contributed by atoms with Crippen LogP contribution in [0, 0.1) is 35.0 Å². The van der Waals surface area contributed by atoms with E-state index in [0.29, 0.717) is 31.6 Å². The largest absolute Gasteiger partial charge is 0.368 e. The van der Waals surface area contributed by atoms with Crippen molar-refractivity contribution in [1.29, 1.82) is 0 Å². The van der Waals surface area contributed by atoms with Crippen LogP contribution in [0.25, 0.3) is 0 Å². The van der Waals surface area contributed by atoms with Crippen molar-refractivity contribution in [1.82, 2.24) is 9.80 Å². The van der Waals surface area contributed by atoms with Crippen LogP contribution in [0.15, 0.2) is 23.8 Å². The molecule has 0 bridgehead atoms. The van der Waals surface area contributed by atoms with Gasteiger partial charge in [-0.3, -0.25) is 14.4 Å². The molecule has 7 heteroatoms. The molecule has 3 amide bonds. The summed E-state index contributed by atoms with van der Waals surface area (Å²) in [4.78, 5) is 56.0. The molecule has 0 aromatic carbocycles. The number of likely N-dealkylation sites (N-methyl/N-ethyl adjacent to an activating group) is 2. The molecule has 0 heterocycles. The molecule has 41 heavy (non-hydrogen) atoms. The Labute approximate surface area is 251 Å². The third kappa shape index (κ3) is 11.4. The number of amides is 3. The van der Waals surface area contributed by atoms with Gasteiger partial charge in [0.15, 0.2) is 0 Å². The lowest BCUT2D eigenvalue weighted by molar-refractivity contribution is -0.150. The summed E-state index contributed by atoms with van der Waals surface area (Å²) in [5, 5.41) is 0. The lowest BCUT2D eigenvalue weighted by Crippen LogP contribution is -2.56. The minimum absolute atomic E-state index is 0.150. The number of hydrogen-bond acceptors (Lipinski definition) is 4. The molecule has 0 aliphatic carbocycles. The number of primary amides is 1. The van der Waals surface area contributed by atoms with E-state index in [1.165, 1.54) is 4.90 Å². The third-order valence-corrected chi connectivity index (χ3v) is 8.29. The molecule has 0 saturated heterocycles. The second kappa shape index (κ2) is 18.2. The van der Waals surface area contributed by atoms with Crippen molar-refractivity contribution in [3.63, 3.8) is 0 Å². The number of nitrogens with zero attached hydrogens (tertiary/aromatic N) is 2. The van der Waals surface area contributed by atoms with E-state index in [-0.39, 0.29) is 29.6 Å². The van der Waals surface area contributed by atoms with Crippen LogP contribution >= 0.6 is 0 Å². The van der Waals surface area contributed by atoms with Crippen LogP contribution in [-0.2, 0) is 19.2 Å². The van der Waals surface area contributed by atoms with Gasteiger partial charge in [0, 0.05) is 19.5 Å². The van der Waals surface area contributed by atoms with Crippen LogP contribution < -0.4 is 5.73 Å². The highest BCUT2D eigenvalue weighted by Gasteiger charge is 2.39. The highest BCUT2D eigenvalue weighted by atomic mass is 16.2. The van der Waals surface area contributed by atoms with Gasteiger partial charge in [-0.2, -0.15) is 0 Å². The average molecular weight is 576 g/mol. The summed E-state index contributed by atoms with van der Waals surface area (Å²) in [6, 6.07) is -1.52. The standard InChI is InChI=1S/C34H61N3O4/c1-13-16-17-26(10)19-29(31(35)39)36(11)33(41)30(25(8)9)37(12)32(40)27(18-23(4)5)20-28(14-2)34(15-3,22-38)21-24(6)7/h13,16,20,22-27,29-30H,14-15,17-19,21H2,1-12H3,(H2,35,39)/b16-13+,28-20-/t26-,27+,29+,30+,34+/m1/s1. The second-order valence-electron chi connectivity index (χ2n) is 13.2. The molecule has 0 rings (SSSR count). The van der Waals surface area contributed by atoms with E-state index in [1.54, 1.807) is 19.0 Å². The Morgan fingerprint density at radius 2 is 1.46 bits per heavy atom. The van der Waals surface area contributed by atoms with Gasteiger partial charge in [-0.05, 0) is 69.1 Å². The van der Waals surface area contributed by atoms with Gasteiger partial charge in [0.2, 0.25) is 17.7 Å². The van der Waals surface area contributed by atoms with Crippen molar-refractivity contribution in [2.24, 2.45) is 40.7 Å². The SMILES string of the molecule is C/C=C/C[C@@H](C)C[C@@H](C(N)=O)N(C)C(=O)[C@H](C(C)C)N(C)C(=O)[C@H](/C=C(/CC)[C@@](C=O)(CC)CC(C)C)CC(C)C. The Hall–Kier alpha value is -2.44. The molecule has 0 aliphatic rings. The molecule has 0 unspecified atom stereocenters. The van der Waals surface area contributed by atoms with E-state index in [0.717, 1.165) is 24.7 Å². The summed E-state index contributed by atoms with van der Waals surface area (Å²) in [5.41, 5.74) is 6.15. The lowest BCUT2D eigenvalue weighted by atomic mass is 9.71. The summed E-state index contributed by atoms with van der Waals surface area (Å²) >= 11 is 0. The predicted octanol–water partition coefficient (Wildman–Crippen LogP) is 6.41. The summed E-state index contributed by atoms with van der Waals surface area (Å²) < 4.78 is 0. The van der Waals surface area contributed by atoms with Crippen LogP contribution in [0.4, 0.5) is 0 Å². The summed E-state index contributed by atoms with van der Waals surface area (Å²) in [5.74, 6) is -0.932. The molecule has 0 saturated carbocycles. The van der Waals surface area contributed by atoms with Crippen LogP contribution in [-0.4, -0.2) is 60.0 Å². The first-order valence-electron chi connectivity index (χ1n) is 15.6. The van der Waals surface area contributed by atoms with Gasteiger partial charge in [0.05, 0.1) is 5.92 Å². The van der Waals surface area contributed by atoms with E-state index < -0.39 is 29.3 Å². The van der Waals surface area contributed by atoms with Gasteiger partial charge in [-0.1, -0.05) is 86.1 Å². The van der Waals surface area contributed by atoms with E-state index in [1.807, 2.05) is 59.8 Å². The van der Waals surface area contributed by atoms with E-state index >= 15 is 0 Å². The highest BCUT2D eigenvalue weighted by Crippen LogP contribution is 2.39. The molecular formula is C34H61N3O4. The number of carbonyl (C=O) groups excluding carboxylic acids is 4. The minimum Gasteiger partial charge on any atom is -0.368 e. The molecule has 0 fully saturated rings. The Balaban J connectivity index is 6.50. The fraction of sp³-hybridized carbons (Fsp3) is 0.765. The Bertz CT molecular complexity index is 908. The van der Waals surface area contributed by atoms with Crippen LogP contribution in [0.5, 0.6) is 0 Å². The molecular weight excluding hydrogens is 514 g/mol. The van der Waals surface area contributed by atoms with Crippen LogP contribution in [0.1, 0.15) is 108 Å². The number of aldehydes is 1. The first-order valence-corrected chi connectivity index (χ1v) is 15.6. The maximum absolute atomic E-state index is 14.2.